The van der Waals surface area contributed by atoms with Crippen LogP contribution in [-0.4, -0.2) is 55.0 Å². The van der Waals surface area contributed by atoms with E-state index in [9.17, 15) is 4.79 Å². The van der Waals surface area contributed by atoms with Gasteiger partial charge in [-0.25, -0.2) is 0 Å². The minimum absolute atomic E-state index is 0.151. The number of carbonyl (C=O) groups excluding carboxylic acids is 1. The van der Waals surface area contributed by atoms with Crippen LogP contribution in [0, 0.1) is 5.92 Å². The van der Waals surface area contributed by atoms with E-state index in [1.54, 1.807) is 7.11 Å². The lowest BCUT2D eigenvalue weighted by atomic mass is 10.0. The molecule has 2 atom stereocenters. The van der Waals surface area contributed by atoms with Crippen LogP contribution < -0.4 is 5.32 Å². The Kier molecular flexibility index (Phi) is 3.55. The predicted molar refractivity (Wildman–Crippen MR) is 75.2 cm³/mol. The molecule has 0 aromatic carbocycles. The molecule has 1 amide bonds. The molecular formula is C15H26N2O3. The lowest BCUT2D eigenvalue weighted by molar-refractivity contribution is -0.135. The van der Waals surface area contributed by atoms with Gasteiger partial charge in [0.2, 0.25) is 5.91 Å². The maximum atomic E-state index is 12.7. The highest BCUT2D eigenvalue weighted by atomic mass is 16.5. The zero-order valence-corrected chi connectivity index (χ0v) is 12.8. The Balaban J connectivity index is 1.75. The van der Waals surface area contributed by atoms with Crippen molar-refractivity contribution in [1.29, 1.82) is 0 Å². The molecule has 0 aromatic heterocycles. The predicted octanol–water partition coefficient (Wildman–Crippen LogP) is 1.13. The van der Waals surface area contributed by atoms with E-state index in [-0.39, 0.29) is 23.2 Å². The van der Waals surface area contributed by atoms with Crippen molar-refractivity contribution in [3.05, 3.63) is 0 Å². The highest BCUT2D eigenvalue weighted by molar-refractivity contribution is 5.91. The van der Waals surface area contributed by atoms with E-state index in [2.05, 4.69) is 19.2 Å². The lowest BCUT2D eigenvalue weighted by Gasteiger charge is -2.34. The molecule has 1 aliphatic carbocycles. The maximum absolute atomic E-state index is 12.7. The van der Waals surface area contributed by atoms with Crippen LogP contribution in [-0.2, 0) is 14.3 Å². The van der Waals surface area contributed by atoms with Gasteiger partial charge >= 0.3 is 0 Å². The molecule has 2 unspecified atom stereocenters. The molecule has 1 saturated carbocycles. The molecule has 0 bridgehead atoms. The van der Waals surface area contributed by atoms with Gasteiger partial charge in [0.25, 0.3) is 0 Å². The molecule has 2 saturated heterocycles. The van der Waals surface area contributed by atoms with Gasteiger partial charge < -0.3 is 14.4 Å². The quantitative estimate of drug-likeness (QED) is 0.821. The molecule has 5 heteroatoms. The zero-order valence-electron chi connectivity index (χ0n) is 12.8. The van der Waals surface area contributed by atoms with Crippen LogP contribution in [0.15, 0.2) is 0 Å². The standard InChI is InChI=1S/C15H26N2O3/c1-11(2)8-12-16-15(4-5-15)13(18)17(12)9-14(19-3)6-7-20-10-14/h11-12,16H,4-10H2,1-3H3. The number of hydrogen-bond acceptors (Lipinski definition) is 4. The van der Waals surface area contributed by atoms with Crippen LogP contribution in [0.25, 0.3) is 0 Å². The molecule has 0 radical (unpaired) electrons. The lowest BCUT2D eigenvalue weighted by Crippen LogP contribution is -2.50. The Morgan fingerprint density at radius 1 is 1.45 bits per heavy atom. The van der Waals surface area contributed by atoms with Crippen molar-refractivity contribution in [2.75, 3.05) is 26.9 Å². The largest absolute Gasteiger partial charge is 0.378 e. The first-order valence-electron chi connectivity index (χ1n) is 7.72. The van der Waals surface area contributed by atoms with Gasteiger partial charge in [-0.2, -0.15) is 0 Å². The van der Waals surface area contributed by atoms with Gasteiger partial charge in [-0.05, 0) is 25.2 Å². The van der Waals surface area contributed by atoms with Gasteiger partial charge in [-0.3, -0.25) is 10.1 Å². The summed E-state index contributed by atoms with van der Waals surface area (Å²) in [6, 6.07) is 0. The Labute approximate surface area is 121 Å². The van der Waals surface area contributed by atoms with Gasteiger partial charge in [0.05, 0.1) is 24.9 Å². The number of methoxy groups -OCH3 is 1. The van der Waals surface area contributed by atoms with Gasteiger partial charge in [-0.15, -0.1) is 0 Å². The zero-order chi connectivity index (χ0) is 14.4. The van der Waals surface area contributed by atoms with Crippen LogP contribution in [0.3, 0.4) is 0 Å². The highest BCUT2D eigenvalue weighted by Crippen LogP contribution is 2.44. The fraction of sp³-hybridized carbons (Fsp3) is 0.933. The van der Waals surface area contributed by atoms with Crippen molar-refractivity contribution in [3.63, 3.8) is 0 Å². The Morgan fingerprint density at radius 3 is 2.70 bits per heavy atom. The second-order valence-corrected chi connectivity index (χ2v) is 6.99. The maximum Gasteiger partial charge on any atom is 0.244 e. The normalized spacial score (nSPS) is 35.5. The van der Waals surface area contributed by atoms with E-state index in [1.165, 1.54) is 0 Å². The van der Waals surface area contributed by atoms with Crippen molar-refractivity contribution >= 4 is 5.91 Å². The third-order valence-electron chi connectivity index (χ3n) is 4.89. The summed E-state index contributed by atoms with van der Waals surface area (Å²) in [5.74, 6) is 0.835. The van der Waals surface area contributed by atoms with E-state index < -0.39 is 0 Å². The Hall–Kier alpha value is -0.650. The van der Waals surface area contributed by atoms with Crippen LogP contribution >= 0.6 is 0 Å². The summed E-state index contributed by atoms with van der Waals surface area (Å²) in [4.78, 5) is 14.7. The Bertz CT molecular complexity index is 387. The number of hydrogen-bond donors (Lipinski definition) is 1. The fourth-order valence-electron chi connectivity index (χ4n) is 3.42. The number of nitrogens with zero attached hydrogens (tertiary/aromatic N) is 1. The van der Waals surface area contributed by atoms with Crippen molar-refractivity contribution in [3.8, 4) is 0 Å². The average molecular weight is 282 g/mol. The molecule has 1 N–H and O–H groups in total. The van der Waals surface area contributed by atoms with E-state index in [1.807, 2.05) is 4.90 Å². The van der Waals surface area contributed by atoms with Crippen LogP contribution in [0.2, 0.25) is 0 Å². The molecule has 3 fully saturated rings. The Morgan fingerprint density at radius 2 is 2.20 bits per heavy atom. The summed E-state index contributed by atoms with van der Waals surface area (Å²) < 4.78 is 11.2. The van der Waals surface area contributed by atoms with E-state index in [4.69, 9.17) is 9.47 Å². The molecular weight excluding hydrogens is 256 g/mol. The molecule has 2 aliphatic heterocycles. The second-order valence-electron chi connectivity index (χ2n) is 6.99. The summed E-state index contributed by atoms with van der Waals surface area (Å²) >= 11 is 0. The van der Waals surface area contributed by atoms with E-state index >= 15 is 0 Å². The summed E-state index contributed by atoms with van der Waals surface area (Å²) in [6.07, 6.45) is 3.97. The van der Waals surface area contributed by atoms with Crippen LogP contribution in [0.4, 0.5) is 0 Å². The summed E-state index contributed by atoms with van der Waals surface area (Å²) in [5.41, 5.74) is -0.555. The minimum atomic E-state index is -0.313. The van der Waals surface area contributed by atoms with Gasteiger partial charge in [0, 0.05) is 20.1 Å². The third-order valence-corrected chi connectivity index (χ3v) is 4.89. The third kappa shape index (κ3) is 2.36. The number of ether oxygens (including phenoxy) is 2. The number of nitrogens with one attached hydrogen (secondary N) is 1. The average Bonchev–Trinajstić information content (AvgIpc) is 2.96. The minimum Gasteiger partial charge on any atom is -0.378 e. The van der Waals surface area contributed by atoms with Crippen molar-refractivity contribution in [2.45, 2.75) is 56.8 Å². The first kappa shape index (κ1) is 14.3. The van der Waals surface area contributed by atoms with Crippen LogP contribution in [0.1, 0.15) is 39.5 Å². The summed E-state index contributed by atoms with van der Waals surface area (Å²) in [6.45, 7) is 6.37. The molecule has 2 heterocycles. The molecule has 5 nitrogen and oxygen atoms in total. The molecule has 3 rings (SSSR count). The molecule has 3 aliphatic rings. The summed E-state index contributed by atoms with van der Waals surface area (Å²) in [7, 11) is 1.73. The van der Waals surface area contributed by atoms with Crippen molar-refractivity contribution < 1.29 is 14.3 Å². The van der Waals surface area contributed by atoms with Gasteiger partial charge in [0.15, 0.2) is 0 Å². The van der Waals surface area contributed by atoms with E-state index in [0.29, 0.717) is 19.1 Å². The molecule has 20 heavy (non-hydrogen) atoms. The van der Waals surface area contributed by atoms with Gasteiger partial charge in [-0.1, -0.05) is 13.8 Å². The molecule has 0 aromatic rings. The molecule has 1 spiro atoms. The topological polar surface area (TPSA) is 50.8 Å². The van der Waals surface area contributed by atoms with Crippen molar-refractivity contribution in [2.24, 2.45) is 5.92 Å². The van der Waals surface area contributed by atoms with Crippen LogP contribution in [0.5, 0.6) is 0 Å². The monoisotopic (exact) mass is 282 g/mol. The first-order chi connectivity index (χ1) is 9.50. The van der Waals surface area contributed by atoms with Gasteiger partial charge in [0.1, 0.15) is 5.60 Å². The second kappa shape index (κ2) is 4.97. The fourth-order valence-corrected chi connectivity index (χ4v) is 3.42. The van der Waals surface area contributed by atoms with Crippen molar-refractivity contribution in [1.82, 2.24) is 10.2 Å². The molecule has 114 valence electrons. The number of carbonyl (C=O) groups is 1. The number of rotatable bonds is 5. The SMILES string of the molecule is COC1(CN2C(=O)C3(CC3)NC2CC(C)C)CCOC1. The van der Waals surface area contributed by atoms with E-state index in [0.717, 1.165) is 32.3 Å². The highest BCUT2D eigenvalue weighted by Gasteiger charge is 2.60. The number of amides is 1. The smallest absolute Gasteiger partial charge is 0.244 e. The first-order valence-corrected chi connectivity index (χ1v) is 7.72. The summed E-state index contributed by atoms with van der Waals surface area (Å²) in [5, 5.41) is 3.57.